The Labute approximate surface area is 285 Å². The van der Waals surface area contributed by atoms with E-state index in [4.69, 9.17) is 40.1 Å². The van der Waals surface area contributed by atoms with Crippen LogP contribution in [0.2, 0.25) is 10.3 Å². The molecular weight excluding hydrogens is 713 g/mol. The summed E-state index contributed by atoms with van der Waals surface area (Å²) in [5.41, 5.74) is 2.03. The first-order chi connectivity index (χ1) is 22.7. The molecule has 0 saturated carbocycles. The van der Waals surface area contributed by atoms with Crippen LogP contribution in [-0.4, -0.2) is 39.5 Å². The van der Waals surface area contributed by atoms with E-state index >= 15 is 0 Å². The SMILES string of the molecule is Brc1ncccn1.C#Cc1cn(-c2cc(F)cc(C#N)c2)nc1Cl.N#Cc1cc(F)cc(-n2cc(C#Cc3ncccn3)c(Cl)n2)c1. The van der Waals surface area contributed by atoms with Gasteiger partial charge in [0.05, 0.1) is 45.8 Å². The molecule has 0 aliphatic rings. The van der Waals surface area contributed by atoms with E-state index in [9.17, 15) is 8.78 Å². The Hall–Kier alpha value is -5.96. The van der Waals surface area contributed by atoms with Crippen molar-refractivity contribution in [3.05, 3.63) is 140 Å². The molecule has 0 unspecified atom stereocenters. The van der Waals surface area contributed by atoms with Crippen LogP contribution >= 0.6 is 39.1 Å². The van der Waals surface area contributed by atoms with Gasteiger partial charge in [-0.2, -0.15) is 20.7 Å². The van der Waals surface area contributed by atoms with Gasteiger partial charge < -0.3 is 0 Å². The second-order valence-electron chi connectivity index (χ2n) is 8.66. The van der Waals surface area contributed by atoms with Gasteiger partial charge in [-0.1, -0.05) is 35.0 Å². The van der Waals surface area contributed by atoms with Crippen molar-refractivity contribution in [3.8, 4) is 47.7 Å². The summed E-state index contributed by atoms with van der Waals surface area (Å²) in [4.78, 5) is 15.5. The lowest BCUT2D eigenvalue weighted by Crippen LogP contribution is -1.96. The second kappa shape index (κ2) is 16.4. The maximum absolute atomic E-state index is 13.5. The predicted octanol–water partition coefficient (Wildman–Crippen LogP) is 6.48. The number of aromatic nitrogens is 8. The van der Waals surface area contributed by atoms with Crippen molar-refractivity contribution in [2.24, 2.45) is 0 Å². The molecule has 0 amide bonds. The molecule has 6 aromatic rings. The standard InChI is InChI=1S/C16H7ClFN5.C12H5ClFN3.C4H3BrN2/c17-16-12(2-3-15-20-4-1-5-21-15)10-23(22-16)14-7-11(9-19)6-13(18)8-14;1-2-9-7-17(16-12(9)13)11-4-8(6-15)3-10(14)5-11;5-4-6-2-1-3-7-4/h1,4-8,10H;1,3-5,7H;1-3H. The highest BCUT2D eigenvalue weighted by molar-refractivity contribution is 9.10. The van der Waals surface area contributed by atoms with Gasteiger partial charge in [-0.15, -0.1) is 6.42 Å². The molecule has 0 N–H and O–H groups in total. The number of hydrogen-bond donors (Lipinski definition) is 0. The minimum absolute atomic E-state index is 0.162. The molecule has 0 aliphatic carbocycles. The fourth-order valence-electron chi connectivity index (χ4n) is 3.46. The highest BCUT2D eigenvalue weighted by Gasteiger charge is 2.10. The smallest absolute Gasteiger partial charge is 0.205 e. The number of benzene rings is 2. The number of terminal acetylenes is 1. The van der Waals surface area contributed by atoms with Gasteiger partial charge in [0.15, 0.2) is 15.0 Å². The number of hydrogen-bond acceptors (Lipinski definition) is 8. The van der Waals surface area contributed by atoms with E-state index < -0.39 is 11.6 Å². The van der Waals surface area contributed by atoms with Crippen molar-refractivity contribution in [1.29, 1.82) is 10.5 Å². The average Bonchev–Trinajstić information content (AvgIpc) is 3.66. The van der Waals surface area contributed by atoms with E-state index in [1.165, 1.54) is 39.8 Å². The van der Waals surface area contributed by atoms with Crippen molar-refractivity contribution in [3.63, 3.8) is 0 Å². The Kier molecular flexibility index (Phi) is 11.8. The van der Waals surface area contributed by atoms with Crippen LogP contribution in [0.3, 0.4) is 0 Å². The van der Waals surface area contributed by atoms with E-state index in [-0.39, 0.29) is 21.4 Å². The van der Waals surface area contributed by atoms with Crippen LogP contribution in [0, 0.1) is 58.5 Å². The van der Waals surface area contributed by atoms with E-state index in [2.05, 4.69) is 63.8 Å². The van der Waals surface area contributed by atoms with Crippen LogP contribution < -0.4 is 0 Å². The lowest BCUT2D eigenvalue weighted by atomic mass is 10.2. The lowest BCUT2D eigenvalue weighted by Gasteiger charge is -2.01. The van der Waals surface area contributed by atoms with E-state index in [1.54, 1.807) is 43.1 Å². The Bertz CT molecular complexity index is 2210. The molecule has 47 heavy (non-hydrogen) atoms. The molecule has 0 spiro atoms. The molecule has 0 saturated heterocycles. The minimum atomic E-state index is -0.531. The molecule has 0 atom stereocenters. The molecule has 6 rings (SSSR count). The van der Waals surface area contributed by atoms with Gasteiger partial charge in [0, 0.05) is 37.2 Å². The van der Waals surface area contributed by atoms with Gasteiger partial charge in [-0.25, -0.2) is 38.1 Å². The van der Waals surface area contributed by atoms with Gasteiger partial charge in [0.25, 0.3) is 0 Å². The average molecular weight is 728 g/mol. The first-order valence-corrected chi connectivity index (χ1v) is 14.3. The third kappa shape index (κ3) is 9.76. The summed E-state index contributed by atoms with van der Waals surface area (Å²) in [6, 6.07) is 15.0. The Balaban J connectivity index is 0.000000182. The largest absolute Gasteiger partial charge is 0.238 e. The van der Waals surface area contributed by atoms with Crippen LogP contribution in [0.4, 0.5) is 8.78 Å². The molecule has 0 fully saturated rings. The van der Waals surface area contributed by atoms with Crippen molar-refractivity contribution in [1.82, 2.24) is 39.5 Å². The highest BCUT2D eigenvalue weighted by atomic mass is 79.9. The van der Waals surface area contributed by atoms with Crippen LogP contribution in [-0.2, 0) is 0 Å². The zero-order chi connectivity index (χ0) is 33.8. The van der Waals surface area contributed by atoms with Crippen molar-refractivity contribution in [2.45, 2.75) is 0 Å². The van der Waals surface area contributed by atoms with Gasteiger partial charge in [-0.05, 0) is 70.4 Å². The molecule has 0 radical (unpaired) electrons. The molecule has 4 heterocycles. The number of nitrogens with zero attached hydrogens (tertiary/aromatic N) is 10. The summed E-state index contributed by atoms with van der Waals surface area (Å²) >= 11 is 14.9. The molecule has 15 heteroatoms. The van der Waals surface area contributed by atoms with Crippen molar-refractivity contribution < 1.29 is 8.78 Å². The summed E-state index contributed by atoms with van der Waals surface area (Å²) in [6.45, 7) is 0. The van der Waals surface area contributed by atoms with Gasteiger partial charge in [0.1, 0.15) is 11.6 Å². The van der Waals surface area contributed by atoms with E-state index in [0.717, 1.165) is 12.1 Å². The second-order valence-corrected chi connectivity index (χ2v) is 10.1. The normalized spacial score (nSPS) is 9.57. The van der Waals surface area contributed by atoms with E-state index in [0.29, 0.717) is 33.1 Å². The Morgan fingerprint density at radius 3 is 1.57 bits per heavy atom. The third-order valence-electron chi connectivity index (χ3n) is 5.46. The van der Waals surface area contributed by atoms with Crippen LogP contribution in [0.25, 0.3) is 11.4 Å². The van der Waals surface area contributed by atoms with Crippen molar-refractivity contribution in [2.75, 3.05) is 0 Å². The molecule has 0 bridgehead atoms. The zero-order valence-corrected chi connectivity index (χ0v) is 26.6. The topological polar surface area (TPSA) is 135 Å². The number of rotatable bonds is 2. The molecule has 0 aliphatic heterocycles. The van der Waals surface area contributed by atoms with Crippen LogP contribution in [0.15, 0.2) is 90.4 Å². The van der Waals surface area contributed by atoms with Gasteiger partial charge in [0.2, 0.25) is 5.82 Å². The summed E-state index contributed by atoms with van der Waals surface area (Å²) in [5, 5.41) is 26.0. The maximum Gasteiger partial charge on any atom is 0.205 e. The van der Waals surface area contributed by atoms with Gasteiger partial charge >= 0.3 is 0 Å². The summed E-state index contributed by atoms with van der Waals surface area (Å²) in [5.74, 6) is 7.24. The first-order valence-electron chi connectivity index (χ1n) is 12.8. The monoisotopic (exact) mass is 726 g/mol. The predicted molar refractivity (Wildman–Crippen MR) is 172 cm³/mol. The number of nitriles is 2. The zero-order valence-electron chi connectivity index (χ0n) is 23.5. The molecular formula is C32H15BrCl2F2N10. The summed E-state index contributed by atoms with van der Waals surface area (Å²) < 4.78 is 30.1. The van der Waals surface area contributed by atoms with Crippen LogP contribution in [0.1, 0.15) is 28.1 Å². The number of halogens is 5. The molecule has 10 nitrogen and oxygen atoms in total. The Morgan fingerprint density at radius 1 is 0.681 bits per heavy atom. The highest BCUT2D eigenvalue weighted by Crippen LogP contribution is 2.19. The van der Waals surface area contributed by atoms with Crippen molar-refractivity contribution >= 4 is 39.1 Å². The fraction of sp³-hybridized carbons (Fsp3) is 0. The molecule has 2 aromatic carbocycles. The fourth-order valence-corrected chi connectivity index (χ4v) is 4.06. The van der Waals surface area contributed by atoms with Gasteiger partial charge in [-0.3, -0.25) is 0 Å². The van der Waals surface area contributed by atoms with Crippen LogP contribution in [0.5, 0.6) is 0 Å². The molecule has 4 aromatic heterocycles. The first kappa shape index (κ1) is 33.9. The lowest BCUT2D eigenvalue weighted by molar-refractivity contribution is 0.624. The summed E-state index contributed by atoms with van der Waals surface area (Å²) in [6.07, 6.45) is 14.8. The maximum atomic E-state index is 13.5. The van der Waals surface area contributed by atoms with E-state index in [1.807, 2.05) is 12.1 Å². The molecule has 228 valence electrons. The quantitative estimate of drug-likeness (QED) is 0.146. The third-order valence-corrected chi connectivity index (χ3v) is 6.42. The Morgan fingerprint density at radius 2 is 1.15 bits per heavy atom. The minimum Gasteiger partial charge on any atom is -0.238 e. The summed E-state index contributed by atoms with van der Waals surface area (Å²) in [7, 11) is 0.